The normalized spacial score (nSPS) is 14.1. The topological polar surface area (TPSA) is 71.7 Å². The summed E-state index contributed by atoms with van der Waals surface area (Å²) in [6.45, 7) is 1.34. The van der Waals surface area contributed by atoms with Gasteiger partial charge >= 0.3 is 6.36 Å². The summed E-state index contributed by atoms with van der Waals surface area (Å²) < 4.78 is 44.9. The molecule has 0 unspecified atom stereocenters. The predicted octanol–water partition coefficient (Wildman–Crippen LogP) is 2.82. The molecular formula is C15H14F3NO4. The standard InChI is InChI=1S/C15H14F3NO4/c1-14(21,12-3-2-8-22-12)9-19-13(20)10-4-6-11(7-5-10)23-15(16,17)18/h2-8,21H,9H2,1H3,(H,19,20)/t14-/m1/s1. The minimum atomic E-state index is -4.79. The Morgan fingerprint density at radius 1 is 1.26 bits per heavy atom. The van der Waals surface area contributed by atoms with Crippen LogP contribution in [0.25, 0.3) is 0 Å². The smallest absolute Gasteiger partial charge is 0.466 e. The van der Waals surface area contributed by atoms with Gasteiger partial charge in [0, 0.05) is 5.56 Å². The minimum absolute atomic E-state index is 0.125. The Morgan fingerprint density at radius 3 is 2.43 bits per heavy atom. The molecule has 1 heterocycles. The van der Waals surface area contributed by atoms with E-state index in [1.807, 2.05) is 0 Å². The Hall–Kier alpha value is -2.48. The first kappa shape index (κ1) is 16.9. The predicted molar refractivity (Wildman–Crippen MR) is 73.7 cm³/mol. The zero-order valence-corrected chi connectivity index (χ0v) is 12.1. The zero-order valence-electron chi connectivity index (χ0n) is 12.1. The molecule has 8 heteroatoms. The molecule has 1 aromatic carbocycles. The van der Waals surface area contributed by atoms with Crippen LogP contribution in [0.3, 0.4) is 0 Å². The van der Waals surface area contributed by atoms with Crippen molar-refractivity contribution in [2.24, 2.45) is 0 Å². The fourth-order valence-electron chi connectivity index (χ4n) is 1.83. The number of ether oxygens (including phenoxy) is 1. The van der Waals surface area contributed by atoms with Gasteiger partial charge in [0.25, 0.3) is 5.91 Å². The van der Waals surface area contributed by atoms with Crippen molar-refractivity contribution in [1.29, 1.82) is 0 Å². The van der Waals surface area contributed by atoms with Gasteiger partial charge in [0.1, 0.15) is 17.1 Å². The molecule has 1 atom stereocenters. The Balaban J connectivity index is 1.96. The van der Waals surface area contributed by atoms with Crippen molar-refractivity contribution in [1.82, 2.24) is 5.32 Å². The number of benzene rings is 1. The summed E-state index contributed by atoms with van der Waals surface area (Å²) in [4.78, 5) is 11.9. The van der Waals surface area contributed by atoms with Crippen LogP contribution in [0.2, 0.25) is 0 Å². The molecule has 5 nitrogen and oxygen atoms in total. The summed E-state index contributed by atoms with van der Waals surface area (Å²) in [6, 6.07) is 7.62. The van der Waals surface area contributed by atoms with Gasteiger partial charge in [-0.1, -0.05) is 0 Å². The maximum Gasteiger partial charge on any atom is 0.573 e. The van der Waals surface area contributed by atoms with Crippen molar-refractivity contribution < 1.29 is 32.2 Å². The highest BCUT2D eigenvalue weighted by Crippen LogP contribution is 2.23. The van der Waals surface area contributed by atoms with E-state index in [0.29, 0.717) is 0 Å². The highest BCUT2D eigenvalue weighted by molar-refractivity contribution is 5.94. The van der Waals surface area contributed by atoms with Crippen LogP contribution in [0.5, 0.6) is 5.75 Å². The fraction of sp³-hybridized carbons (Fsp3) is 0.267. The molecule has 0 radical (unpaired) electrons. The number of aliphatic hydroxyl groups is 1. The number of hydrogen-bond acceptors (Lipinski definition) is 4. The number of nitrogens with one attached hydrogen (secondary N) is 1. The molecule has 0 spiro atoms. The number of carbonyl (C=O) groups excluding carboxylic acids is 1. The van der Waals surface area contributed by atoms with Crippen molar-refractivity contribution >= 4 is 5.91 Å². The Bertz CT molecular complexity index is 648. The average Bonchev–Trinajstić information content (AvgIpc) is 2.99. The van der Waals surface area contributed by atoms with Gasteiger partial charge < -0.3 is 19.6 Å². The summed E-state index contributed by atoms with van der Waals surface area (Å²) >= 11 is 0. The summed E-state index contributed by atoms with van der Waals surface area (Å²) in [5, 5.41) is 12.7. The van der Waals surface area contributed by atoms with E-state index in [2.05, 4.69) is 10.1 Å². The molecule has 2 N–H and O–H groups in total. The maximum absolute atomic E-state index is 12.0. The average molecular weight is 329 g/mol. The summed E-state index contributed by atoms with van der Waals surface area (Å²) in [7, 11) is 0. The number of amides is 1. The van der Waals surface area contributed by atoms with Crippen LogP contribution in [-0.2, 0) is 5.60 Å². The second-order valence-corrected chi connectivity index (χ2v) is 5.01. The van der Waals surface area contributed by atoms with Crippen molar-refractivity contribution in [2.75, 3.05) is 6.54 Å². The van der Waals surface area contributed by atoms with Crippen molar-refractivity contribution in [3.63, 3.8) is 0 Å². The van der Waals surface area contributed by atoms with Crippen LogP contribution in [0, 0.1) is 0 Å². The highest BCUT2D eigenvalue weighted by Gasteiger charge is 2.31. The van der Waals surface area contributed by atoms with E-state index in [0.717, 1.165) is 12.1 Å². The van der Waals surface area contributed by atoms with Crippen LogP contribution in [0.15, 0.2) is 47.1 Å². The van der Waals surface area contributed by atoms with Crippen LogP contribution >= 0.6 is 0 Å². The molecule has 1 amide bonds. The lowest BCUT2D eigenvalue weighted by Gasteiger charge is -2.21. The van der Waals surface area contributed by atoms with Gasteiger partial charge in [0.2, 0.25) is 0 Å². The third kappa shape index (κ3) is 4.75. The van der Waals surface area contributed by atoms with Crippen molar-refractivity contribution in [3.8, 4) is 5.75 Å². The van der Waals surface area contributed by atoms with Crippen LogP contribution in [-0.4, -0.2) is 23.9 Å². The van der Waals surface area contributed by atoms with Crippen molar-refractivity contribution in [3.05, 3.63) is 54.0 Å². The Labute approximate surface area is 129 Å². The maximum atomic E-state index is 12.0. The molecular weight excluding hydrogens is 315 g/mol. The summed E-state index contributed by atoms with van der Waals surface area (Å²) in [5.41, 5.74) is -1.27. The van der Waals surface area contributed by atoms with E-state index in [1.54, 1.807) is 12.1 Å². The molecule has 0 aliphatic carbocycles. The minimum Gasteiger partial charge on any atom is -0.466 e. The number of hydrogen-bond donors (Lipinski definition) is 2. The molecule has 0 aliphatic heterocycles. The number of rotatable bonds is 5. The largest absolute Gasteiger partial charge is 0.573 e. The van der Waals surface area contributed by atoms with Gasteiger partial charge in [0.05, 0.1) is 12.8 Å². The molecule has 124 valence electrons. The van der Waals surface area contributed by atoms with E-state index >= 15 is 0 Å². The molecule has 0 saturated heterocycles. The van der Waals surface area contributed by atoms with Gasteiger partial charge in [-0.2, -0.15) is 0 Å². The van der Waals surface area contributed by atoms with Crippen LogP contribution in [0.1, 0.15) is 23.0 Å². The Kier molecular flexibility index (Phi) is 4.65. The first-order valence-corrected chi connectivity index (χ1v) is 6.58. The first-order valence-electron chi connectivity index (χ1n) is 6.58. The van der Waals surface area contributed by atoms with E-state index in [9.17, 15) is 23.1 Å². The lowest BCUT2D eigenvalue weighted by Crippen LogP contribution is -2.38. The van der Waals surface area contributed by atoms with Crippen LogP contribution in [0.4, 0.5) is 13.2 Å². The van der Waals surface area contributed by atoms with E-state index < -0.39 is 23.6 Å². The number of furan rings is 1. The summed E-state index contributed by atoms with van der Waals surface area (Å²) in [6.07, 6.45) is -3.39. The van der Waals surface area contributed by atoms with Gasteiger partial charge in [-0.25, -0.2) is 0 Å². The molecule has 23 heavy (non-hydrogen) atoms. The fourth-order valence-corrected chi connectivity index (χ4v) is 1.83. The van der Waals surface area contributed by atoms with Gasteiger partial charge in [-0.3, -0.25) is 4.79 Å². The third-order valence-corrected chi connectivity index (χ3v) is 3.00. The van der Waals surface area contributed by atoms with Gasteiger partial charge in [-0.15, -0.1) is 13.2 Å². The van der Waals surface area contributed by atoms with Crippen LogP contribution < -0.4 is 10.1 Å². The molecule has 0 aliphatic rings. The molecule has 0 bridgehead atoms. The van der Waals surface area contributed by atoms with Crippen molar-refractivity contribution in [2.45, 2.75) is 18.9 Å². The molecule has 1 aromatic heterocycles. The quantitative estimate of drug-likeness (QED) is 0.885. The Morgan fingerprint density at radius 2 is 1.91 bits per heavy atom. The second kappa shape index (κ2) is 6.33. The molecule has 2 rings (SSSR count). The molecule has 2 aromatic rings. The lowest BCUT2D eigenvalue weighted by atomic mass is 10.0. The molecule has 0 saturated carbocycles. The number of carbonyl (C=O) groups is 1. The molecule has 0 fully saturated rings. The monoisotopic (exact) mass is 329 g/mol. The van der Waals surface area contributed by atoms with Gasteiger partial charge in [-0.05, 0) is 43.3 Å². The zero-order chi connectivity index (χ0) is 17.1. The number of halogens is 3. The van der Waals surface area contributed by atoms with E-state index in [1.165, 1.54) is 25.3 Å². The van der Waals surface area contributed by atoms with Gasteiger partial charge in [0.15, 0.2) is 0 Å². The SMILES string of the molecule is C[C@@](O)(CNC(=O)c1ccc(OC(F)(F)F)cc1)c1ccco1. The second-order valence-electron chi connectivity index (χ2n) is 5.01. The summed E-state index contributed by atoms with van der Waals surface area (Å²) in [5.74, 6) is -0.682. The first-order chi connectivity index (χ1) is 10.7. The lowest BCUT2D eigenvalue weighted by molar-refractivity contribution is -0.274. The highest BCUT2D eigenvalue weighted by atomic mass is 19.4. The number of alkyl halides is 3. The van der Waals surface area contributed by atoms with E-state index in [-0.39, 0.29) is 17.9 Å². The van der Waals surface area contributed by atoms with E-state index in [4.69, 9.17) is 4.42 Å². The third-order valence-electron chi connectivity index (χ3n) is 3.00.